The molecule has 1 amide bonds. The first-order chi connectivity index (χ1) is 10.8. The molecule has 1 aromatic carbocycles. The SMILES string of the molecule is CCCCCN(Cc1ccc(OC(C)(C)C(=O)O)cc1)C(C)=O. The predicted octanol–water partition coefficient (Wildman–Crippen LogP) is 3.47. The zero-order chi connectivity index (χ0) is 17.5. The number of aliphatic carboxylic acids is 1. The van der Waals surface area contributed by atoms with Crippen molar-refractivity contribution in [2.45, 2.75) is 59.1 Å². The lowest BCUT2D eigenvalue weighted by molar-refractivity contribution is -0.152. The summed E-state index contributed by atoms with van der Waals surface area (Å²) in [6.45, 7) is 8.05. The van der Waals surface area contributed by atoms with Gasteiger partial charge in [-0.3, -0.25) is 4.79 Å². The maximum absolute atomic E-state index is 11.7. The second-order valence-corrected chi connectivity index (χ2v) is 6.21. The van der Waals surface area contributed by atoms with Crippen LogP contribution in [0.5, 0.6) is 5.75 Å². The summed E-state index contributed by atoms with van der Waals surface area (Å²) < 4.78 is 5.47. The largest absolute Gasteiger partial charge is 0.478 e. The van der Waals surface area contributed by atoms with Crippen molar-refractivity contribution in [1.29, 1.82) is 0 Å². The van der Waals surface area contributed by atoms with Crippen molar-refractivity contribution in [3.05, 3.63) is 29.8 Å². The van der Waals surface area contributed by atoms with E-state index in [1.54, 1.807) is 19.1 Å². The highest BCUT2D eigenvalue weighted by molar-refractivity contribution is 5.76. The van der Waals surface area contributed by atoms with Crippen molar-refractivity contribution in [3.63, 3.8) is 0 Å². The summed E-state index contributed by atoms with van der Waals surface area (Å²) in [6, 6.07) is 7.21. The molecular formula is C18H27NO4. The van der Waals surface area contributed by atoms with Crippen LogP contribution < -0.4 is 4.74 Å². The van der Waals surface area contributed by atoms with Gasteiger partial charge in [-0.25, -0.2) is 4.79 Å². The smallest absolute Gasteiger partial charge is 0.347 e. The third-order valence-electron chi connectivity index (χ3n) is 3.66. The van der Waals surface area contributed by atoms with Gasteiger partial charge in [-0.2, -0.15) is 0 Å². The number of hydrogen-bond donors (Lipinski definition) is 1. The van der Waals surface area contributed by atoms with Crippen LogP contribution >= 0.6 is 0 Å². The van der Waals surface area contributed by atoms with Crippen LogP contribution in [0.15, 0.2) is 24.3 Å². The van der Waals surface area contributed by atoms with Gasteiger partial charge < -0.3 is 14.7 Å². The van der Waals surface area contributed by atoms with E-state index in [-0.39, 0.29) is 5.91 Å². The van der Waals surface area contributed by atoms with Gasteiger partial charge in [-0.1, -0.05) is 31.9 Å². The Labute approximate surface area is 138 Å². The van der Waals surface area contributed by atoms with Crippen LogP contribution in [-0.2, 0) is 16.1 Å². The molecule has 1 aromatic rings. The zero-order valence-electron chi connectivity index (χ0n) is 14.5. The second kappa shape index (κ2) is 8.56. The number of amides is 1. The van der Waals surface area contributed by atoms with Gasteiger partial charge in [-0.15, -0.1) is 0 Å². The molecule has 5 nitrogen and oxygen atoms in total. The number of carboxylic acids is 1. The van der Waals surface area contributed by atoms with E-state index in [2.05, 4.69) is 6.92 Å². The Hall–Kier alpha value is -2.04. The number of hydrogen-bond acceptors (Lipinski definition) is 3. The lowest BCUT2D eigenvalue weighted by Crippen LogP contribution is -2.37. The molecule has 23 heavy (non-hydrogen) atoms. The molecule has 0 saturated heterocycles. The average molecular weight is 321 g/mol. The molecule has 0 heterocycles. The van der Waals surface area contributed by atoms with Crippen LogP contribution in [0.2, 0.25) is 0 Å². The molecule has 0 aliphatic rings. The van der Waals surface area contributed by atoms with Gasteiger partial charge in [0.05, 0.1) is 0 Å². The lowest BCUT2D eigenvalue weighted by Gasteiger charge is -2.23. The molecule has 0 aromatic heterocycles. The topological polar surface area (TPSA) is 66.8 Å². The van der Waals surface area contributed by atoms with Gasteiger partial charge >= 0.3 is 5.97 Å². The van der Waals surface area contributed by atoms with Gasteiger partial charge in [0.1, 0.15) is 5.75 Å². The summed E-state index contributed by atoms with van der Waals surface area (Å²) in [5.41, 5.74) is -0.273. The number of unbranched alkanes of at least 4 members (excludes halogenated alkanes) is 2. The number of benzene rings is 1. The highest BCUT2D eigenvalue weighted by atomic mass is 16.5. The van der Waals surface area contributed by atoms with Crippen LogP contribution in [0.3, 0.4) is 0 Å². The fourth-order valence-corrected chi connectivity index (χ4v) is 2.12. The normalized spacial score (nSPS) is 11.1. The third-order valence-corrected chi connectivity index (χ3v) is 3.66. The van der Waals surface area contributed by atoms with Crippen LogP contribution in [0.25, 0.3) is 0 Å². The van der Waals surface area contributed by atoms with Crippen molar-refractivity contribution < 1.29 is 19.4 Å². The monoisotopic (exact) mass is 321 g/mol. The van der Waals surface area contributed by atoms with Crippen LogP contribution in [0.4, 0.5) is 0 Å². The molecule has 0 atom stereocenters. The Morgan fingerprint density at radius 2 is 1.78 bits per heavy atom. The molecule has 0 radical (unpaired) electrons. The lowest BCUT2D eigenvalue weighted by atomic mass is 10.1. The van der Waals surface area contributed by atoms with E-state index < -0.39 is 11.6 Å². The summed E-state index contributed by atoms with van der Waals surface area (Å²) in [5.74, 6) is -0.449. The summed E-state index contributed by atoms with van der Waals surface area (Å²) in [5, 5.41) is 9.07. The van der Waals surface area contributed by atoms with E-state index in [0.29, 0.717) is 12.3 Å². The van der Waals surface area contributed by atoms with Crippen LogP contribution in [0.1, 0.15) is 52.5 Å². The molecule has 0 unspecified atom stereocenters. The van der Waals surface area contributed by atoms with E-state index in [9.17, 15) is 9.59 Å². The first kappa shape index (κ1) is 19.0. The summed E-state index contributed by atoms with van der Waals surface area (Å²) in [7, 11) is 0. The number of nitrogens with zero attached hydrogens (tertiary/aromatic N) is 1. The van der Waals surface area contributed by atoms with Crippen molar-refractivity contribution in [2.75, 3.05) is 6.54 Å². The fraction of sp³-hybridized carbons (Fsp3) is 0.556. The molecule has 0 aliphatic heterocycles. The summed E-state index contributed by atoms with van der Waals surface area (Å²) >= 11 is 0. The number of carbonyl (C=O) groups is 2. The van der Waals surface area contributed by atoms with Crippen molar-refractivity contribution in [1.82, 2.24) is 4.90 Å². The number of carbonyl (C=O) groups excluding carboxylic acids is 1. The van der Waals surface area contributed by atoms with Gasteiger partial charge in [0.15, 0.2) is 5.60 Å². The van der Waals surface area contributed by atoms with Crippen molar-refractivity contribution >= 4 is 11.9 Å². The first-order valence-electron chi connectivity index (χ1n) is 8.03. The molecule has 0 saturated carbocycles. The van der Waals surface area contributed by atoms with E-state index in [0.717, 1.165) is 31.4 Å². The van der Waals surface area contributed by atoms with Crippen LogP contribution in [0, 0.1) is 0 Å². The second-order valence-electron chi connectivity index (χ2n) is 6.21. The minimum absolute atomic E-state index is 0.0634. The minimum Gasteiger partial charge on any atom is -0.478 e. The molecule has 0 bridgehead atoms. The predicted molar refractivity (Wildman–Crippen MR) is 89.4 cm³/mol. The fourth-order valence-electron chi connectivity index (χ4n) is 2.12. The average Bonchev–Trinajstić information content (AvgIpc) is 2.47. The van der Waals surface area contributed by atoms with Gasteiger partial charge in [0.25, 0.3) is 0 Å². The third kappa shape index (κ3) is 6.30. The summed E-state index contributed by atoms with van der Waals surface area (Å²) in [6.07, 6.45) is 3.24. The van der Waals surface area contributed by atoms with E-state index >= 15 is 0 Å². The van der Waals surface area contributed by atoms with Crippen LogP contribution in [-0.4, -0.2) is 34.0 Å². The number of ether oxygens (including phenoxy) is 1. The standard InChI is InChI=1S/C18H27NO4/c1-5-6-7-12-19(14(2)20)13-15-8-10-16(11-9-15)23-18(3,4)17(21)22/h8-11H,5-7,12-13H2,1-4H3,(H,21,22). The zero-order valence-corrected chi connectivity index (χ0v) is 14.5. The van der Waals surface area contributed by atoms with E-state index in [1.165, 1.54) is 13.8 Å². The highest BCUT2D eigenvalue weighted by Gasteiger charge is 2.29. The van der Waals surface area contributed by atoms with Crippen molar-refractivity contribution in [3.8, 4) is 5.75 Å². The molecular weight excluding hydrogens is 294 g/mol. The Morgan fingerprint density at radius 3 is 2.26 bits per heavy atom. The van der Waals surface area contributed by atoms with Gasteiger partial charge in [-0.05, 0) is 38.0 Å². The maximum atomic E-state index is 11.7. The Kier molecular flexibility index (Phi) is 7.07. The molecule has 0 spiro atoms. The van der Waals surface area contributed by atoms with E-state index in [4.69, 9.17) is 9.84 Å². The molecule has 0 fully saturated rings. The Balaban J connectivity index is 2.68. The first-order valence-corrected chi connectivity index (χ1v) is 8.03. The van der Waals surface area contributed by atoms with Gasteiger partial charge in [0, 0.05) is 20.0 Å². The minimum atomic E-state index is -1.27. The molecule has 1 N–H and O–H groups in total. The Bertz CT molecular complexity index is 522. The number of rotatable bonds is 9. The van der Waals surface area contributed by atoms with Gasteiger partial charge in [0.2, 0.25) is 5.91 Å². The molecule has 5 heteroatoms. The summed E-state index contributed by atoms with van der Waals surface area (Å²) in [4.78, 5) is 24.6. The number of carboxylic acid groups (broad SMARTS) is 1. The quantitative estimate of drug-likeness (QED) is 0.707. The Morgan fingerprint density at radius 1 is 1.17 bits per heavy atom. The molecule has 1 rings (SSSR count). The van der Waals surface area contributed by atoms with Crippen molar-refractivity contribution in [2.24, 2.45) is 0 Å². The maximum Gasteiger partial charge on any atom is 0.347 e. The molecule has 128 valence electrons. The highest BCUT2D eigenvalue weighted by Crippen LogP contribution is 2.20. The van der Waals surface area contributed by atoms with E-state index in [1.807, 2.05) is 17.0 Å². The molecule has 0 aliphatic carbocycles.